The lowest BCUT2D eigenvalue weighted by Crippen LogP contribution is -2.48. The molecule has 0 aromatic heterocycles. The topological polar surface area (TPSA) is 46.6 Å². The maximum atomic E-state index is 12.9. The van der Waals surface area contributed by atoms with Crippen molar-refractivity contribution in [1.29, 1.82) is 0 Å². The van der Waals surface area contributed by atoms with Crippen molar-refractivity contribution in [3.8, 4) is 0 Å². The molecule has 0 N–H and O–H groups in total. The van der Waals surface area contributed by atoms with Gasteiger partial charge in [-0.25, -0.2) is 0 Å². The van der Waals surface area contributed by atoms with Crippen molar-refractivity contribution in [2.75, 3.05) is 6.61 Å². The maximum absolute atomic E-state index is 12.9. The summed E-state index contributed by atoms with van der Waals surface area (Å²) in [7, 11) is 0. The SMILES string of the molecule is CC(=O)[C@@H]1C[C@H](N(C(=O)c2cccc(C(F)(F)F)c2)C2CC2)CCO1. The number of carbonyl (C=O) groups is 2. The molecule has 1 amide bonds. The molecule has 136 valence electrons. The number of hydrogen-bond donors (Lipinski definition) is 0. The van der Waals surface area contributed by atoms with E-state index in [1.165, 1.54) is 19.1 Å². The molecule has 0 unspecified atom stereocenters. The number of nitrogens with zero attached hydrogens (tertiary/aromatic N) is 1. The van der Waals surface area contributed by atoms with Crippen LogP contribution in [0.3, 0.4) is 0 Å². The van der Waals surface area contributed by atoms with Gasteiger partial charge in [-0.05, 0) is 44.4 Å². The molecule has 1 aromatic rings. The fourth-order valence-corrected chi connectivity index (χ4v) is 3.28. The Hall–Kier alpha value is -1.89. The van der Waals surface area contributed by atoms with Gasteiger partial charge in [-0.15, -0.1) is 0 Å². The molecule has 1 aliphatic carbocycles. The molecule has 1 heterocycles. The fraction of sp³-hybridized carbons (Fsp3) is 0.556. The quantitative estimate of drug-likeness (QED) is 0.831. The first-order chi connectivity index (χ1) is 11.8. The molecular formula is C18H20F3NO3. The van der Waals surface area contributed by atoms with Crippen LogP contribution in [-0.2, 0) is 15.7 Å². The first kappa shape index (κ1) is 17.9. The predicted molar refractivity (Wildman–Crippen MR) is 84.1 cm³/mol. The van der Waals surface area contributed by atoms with Gasteiger partial charge in [-0.2, -0.15) is 13.2 Å². The lowest BCUT2D eigenvalue weighted by atomic mass is 9.98. The van der Waals surface area contributed by atoms with Gasteiger partial charge in [0, 0.05) is 30.7 Å². The highest BCUT2D eigenvalue weighted by molar-refractivity contribution is 5.95. The fourth-order valence-electron chi connectivity index (χ4n) is 3.28. The van der Waals surface area contributed by atoms with Crippen LogP contribution in [-0.4, -0.2) is 41.4 Å². The highest BCUT2D eigenvalue weighted by Gasteiger charge is 2.41. The van der Waals surface area contributed by atoms with Crippen LogP contribution in [0, 0.1) is 0 Å². The lowest BCUT2D eigenvalue weighted by molar-refractivity contribution is -0.137. The van der Waals surface area contributed by atoms with Gasteiger partial charge in [0.1, 0.15) is 6.10 Å². The molecule has 0 spiro atoms. The van der Waals surface area contributed by atoms with E-state index in [1.807, 2.05) is 0 Å². The van der Waals surface area contributed by atoms with Crippen molar-refractivity contribution in [2.24, 2.45) is 0 Å². The number of rotatable bonds is 4. The van der Waals surface area contributed by atoms with Gasteiger partial charge in [-0.1, -0.05) is 6.07 Å². The minimum absolute atomic E-state index is 0.0348. The van der Waals surface area contributed by atoms with E-state index in [1.54, 1.807) is 4.90 Å². The first-order valence-corrected chi connectivity index (χ1v) is 8.39. The second-order valence-electron chi connectivity index (χ2n) is 6.67. The molecule has 2 fully saturated rings. The van der Waals surface area contributed by atoms with Crippen molar-refractivity contribution < 1.29 is 27.5 Å². The largest absolute Gasteiger partial charge is 0.416 e. The smallest absolute Gasteiger partial charge is 0.370 e. The van der Waals surface area contributed by atoms with E-state index in [0.29, 0.717) is 19.4 Å². The molecular weight excluding hydrogens is 335 g/mol. The third kappa shape index (κ3) is 4.03. The Labute approximate surface area is 143 Å². The monoisotopic (exact) mass is 355 g/mol. The highest BCUT2D eigenvalue weighted by Crippen LogP contribution is 2.35. The molecule has 0 radical (unpaired) electrons. The van der Waals surface area contributed by atoms with E-state index in [2.05, 4.69) is 0 Å². The third-order valence-corrected chi connectivity index (χ3v) is 4.71. The summed E-state index contributed by atoms with van der Waals surface area (Å²) in [6.45, 7) is 1.82. The number of carbonyl (C=O) groups excluding carboxylic acids is 2. The first-order valence-electron chi connectivity index (χ1n) is 8.39. The Morgan fingerprint density at radius 3 is 2.48 bits per heavy atom. The number of benzene rings is 1. The minimum atomic E-state index is -4.49. The lowest BCUT2D eigenvalue weighted by Gasteiger charge is -2.37. The second-order valence-corrected chi connectivity index (χ2v) is 6.67. The van der Waals surface area contributed by atoms with Gasteiger partial charge >= 0.3 is 6.18 Å². The molecule has 1 saturated heterocycles. The van der Waals surface area contributed by atoms with Gasteiger partial charge in [0.2, 0.25) is 0 Å². The van der Waals surface area contributed by atoms with Crippen LogP contribution in [0.4, 0.5) is 13.2 Å². The van der Waals surface area contributed by atoms with Crippen LogP contribution in [0.5, 0.6) is 0 Å². The number of Topliss-reactive ketones (excluding diaryl/α,β-unsaturated/α-hetero) is 1. The maximum Gasteiger partial charge on any atom is 0.416 e. The van der Waals surface area contributed by atoms with Gasteiger partial charge in [0.25, 0.3) is 5.91 Å². The number of amides is 1. The third-order valence-electron chi connectivity index (χ3n) is 4.71. The molecule has 1 saturated carbocycles. The van der Waals surface area contributed by atoms with Crippen molar-refractivity contribution in [1.82, 2.24) is 4.90 Å². The summed E-state index contributed by atoms with van der Waals surface area (Å²) < 4.78 is 44.2. The summed E-state index contributed by atoms with van der Waals surface area (Å²) in [5.41, 5.74) is -0.796. The van der Waals surface area contributed by atoms with Gasteiger partial charge in [0.05, 0.1) is 5.56 Å². The molecule has 2 atom stereocenters. The summed E-state index contributed by atoms with van der Waals surface area (Å²) in [5.74, 6) is -0.491. The molecule has 4 nitrogen and oxygen atoms in total. The standard InChI is InChI=1S/C18H20F3NO3/c1-11(23)16-10-15(7-8-25-16)22(14-5-6-14)17(24)12-3-2-4-13(9-12)18(19,20)21/h2-4,9,14-16H,5-8,10H2,1H3/t15-,16+/m1/s1. The Balaban J connectivity index is 1.84. The Morgan fingerprint density at radius 2 is 1.88 bits per heavy atom. The highest BCUT2D eigenvalue weighted by atomic mass is 19.4. The van der Waals surface area contributed by atoms with Gasteiger partial charge < -0.3 is 9.64 Å². The Morgan fingerprint density at radius 1 is 1.16 bits per heavy atom. The van der Waals surface area contributed by atoms with E-state index < -0.39 is 23.8 Å². The van der Waals surface area contributed by atoms with Crippen LogP contribution in [0.15, 0.2) is 24.3 Å². The number of halogens is 3. The van der Waals surface area contributed by atoms with Gasteiger partial charge in [-0.3, -0.25) is 9.59 Å². The second kappa shape index (κ2) is 6.78. The molecule has 7 heteroatoms. The summed E-state index contributed by atoms with van der Waals surface area (Å²) >= 11 is 0. The van der Waals surface area contributed by atoms with Crippen LogP contribution in [0.2, 0.25) is 0 Å². The number of ketones is 1. The zero-order chi connectivity index (χ0) is 18.2. The van der Waals surface area contributed by atoms with Crippen molar-refractivity contribution in [3.05, 3.63) is 35.4 Å². The number of alkyl halides is 3. The van der Waals surface area contributed by atoms with Crippen LogP contribution in [0.1, 0.15) is 48.5 Å². The van der Waals surface area contributed by atoms with E-state index >= 15 is 0 Å². The molecule has 2 aliphatic rings. The Bertz CT molecular complexity index is 670. The normalized spacial score (nSPS) is 24.0. The van der Waals surface area contributed by atoms with Crippen LogP contribution in [0.25, 0.3) is 0 Å². The molecule has 1 aliphatic heterocycles. The summed E-state index contributed by atoms with van der Waals surface area (Å²) in [6, 6.07) is 4.38. The summed E-state index contributed by atoms with van der Waals surface area (Å²) in [6.07, 6.45) is -2.37. The predicted octanol–water partition coefficient (Wildman–Crippen LogP) is 3.45. The van der Waals surface area contributed by atoms with Crippen LogP contribution >= 0.6 is 0 Å². The summed E-state index contributed by atoms with van der Waals surface area (Å²) in [5, 5.41) is 0. The van der Waals surface area contributed by atoms with E-state index in [0.717, 1.165) is 25.0 Å². The average molecular weight is 355 g/mol. The van der Waals surface area contributed by atoms with E-state index in [-0.39, 0.29) is 23.4 Å². The number of hydrogen-bond acceptors (Lipinski definition) is 3. The van der Waals surface area contributed by atoms with E-state index in [4.69, 9.17) is 4.74 Å². The molecule has 1 aromatic carbocycles. The zero-order valence-corrected chi connectivity index (χ0v) is 13.9. The van der Waals surface area contributed by atoms with Crippen molar-refractivity contribution in [3.63, 3.8) is 0 Å². The Kier molecular flexibility index (Phi) is 4.86. The van der Waals surface area contributed by atoms with E-state index in [9.17, 15) is 22.8 Å². The number of ether oxygens (including phenoxy) is 1. The summed E-state index contributed by atoms with van der Waals surface area (Å²) in [4.78, 5) is 26.2. The average Bonchev–Trinajstić information content (AvgIpc) is 3.39. The molecule has 25 heavy (non-hydrogen) atoms. The van der Waals surface area contributed by atoms with Crippen LogP contribution < -0.4 is 0 Å². The van der Waals surface area contributed by atoms with Crippen molar-refractivity contribution >= 4 is 11.7 Å². The molecule has 3 rings (SSSR count). The minimum Gasteiger partial charge on any atom is -0.370 e. The van der Waals surface area contributed by atoms with Gasteiger partial charge in [0.15, 0.2) is 5.78 Å². The van der Waals surface area contributed by atoms with Crippen molar-refractivity contribution in [2.45, 2.75) is 57.0 Å². The zero-order valence-electron chi connectivity index (χ0n) is 13.9. The molecule has 0 bridgehead atoms.